The zero-order valence-corrected chi connectivity index (χ0v) is 65.2. The summed E-state index contributed by atoms with van der Waals surface area (Å²) in [4.78, 5) is 38.2. The summed E-state index contributed by atoms with van der Waals surface area (Å²) >= 11 is 0. The third-order valence-electron chi connectivity index (χ3n) is 18.7. The first kappa shape index (κ1) is 93.5. The third kappa shape index (κ3) is 80.4. The summed E-state index contributed by atoms with van der Waals surface area (Å²) < 4.78 is 34.5. The Bertz CT molecular complexity index is 1850. The van der Waals surface area contributed by atoms with Crippen molar-refractivity contribution in [3.8, 4) is 0 Å². The Labute approximate surface area is 597 Å². The Hall–Kier alpha value is -2.55. The number of phosphoric acid groups is 1. The zero-order chi connectivity index (χ0) is 69.7. The van der Waals surface area contributed by atoms with Gasteiger partial charge in [0.2, 0.25) is 0 Å². The van der Waals surface area contributed by atoms with Gasteiger partial charge in [0.15, 0.2) is 6.10 Å². The first-order valence-corrected chi connectivity index (χ1v) is 43.1. The predicted molar refractivity (Wildman–Crippen MR) is 416 cm³/mol. The van der Waals surface area contributed by atoms with E-state index in [1.807, 2.05) is 21.1 Å². The Morgan fingerprint density at radius 3 is 0.885 bits per heavy atom. The minimum absolute atomic E-state index is 0.0287. The molecule has 0 aliphatic heterocycles. The van der Waals surface area contributed by atoms with Gasteiger partial charge in [-0.3, -0.25) is 14.2 Å². The van der Waals surface area contributed by atoms with Crippen molar-refractivity contribution in [1.29, 1.82) is 0 Å². The molecule has 96 heavy (non-hydrogen) atoms. The topological polar surface area (TPSA) is 111 Å². The normalized spacial score (nSPS) is 13.4. The van der Waals surface area contributed by atoms with E-state index in [0.29, 0.717) is 17.4 Å². The largest absolute Gasteiger partial charge is 0.756 e. The fraction of sp³-hybridized carbons (Fsp3) is 0.837. The van der Waals surface area contributed by atoms with Gasteiger partial charge in [-0.15, -0.1) is 0 Å². The van der Waals surface area contributed by atoms with Gasteiger partial charge in [-0.05, 0) is 64.2 Å². The SMILES string of the molecule is CC/C=C\C/C=C\C/C=C\C/C=C\C/C=C\C/C=C\CCCCCCCCCCCCCCCCCCCCCCC(=O)OC(COC(=O)CCCCCCCCCCCCCCCCCCCCCCCCCCCCCCCCCCC)COP(=O)([O-])OCC[N+](C)(C)C. The van der Waals surface area contributed by atoms with Crippen molar-refractivity contribution in [2.75, 3.05) is 47.5 Å². The number of likely N-dealkylation sites (N-methyl/N-ethyl adjacent to an activating group) is 1. The van der Waals surface area contributed by atoms with Crippen LogP contribution in [0.1, 0.15) is 412 Å². The lowest BCUT2D eigenvalue weighted by molar-refractivity contribution is -0.870. The maximum atomic E-state index is 12.9. The second-order valence-corrected chi connectivity index (χ2v) is 30.9. The summed E-state index contributed by atoms with van der Waals surface area (Å²) in [5.41, 5.74) is 0. The number of allylic oxidation sites excluding steroid dienone is 12. The number of nitrogens with zero attached hydrogens (tertiary/aromatic N) is 1. The molecule has 0 aromatic carbocycles. The summed E-state index contributed by atoms with van der Waals surface area (Å²) in [6.45, 7) is 4.20. The fourth-order valence-corrected chi connectivity index (χ4v) is 13.2. The van der Waals surface area contributed by atoms with Gasteiger partial charge < -0.3 is 27.9 Å². The van der Waals surface area contributed by atoms with Crippen LogP contribution in [0.3, 0.4) is 0 Å². The van der Waals surface area contributed by atoms with Crippen LogP contribution in [0.2, 0.25) is 0 Å². The number of esters is 2. The molecule has 2 unspecified atom stereocenters. The zero-order valence-electron chi connectivity index (χ0n) is 64.3. The van der Waals surface area contributed by atoms with Gasteiger partial charge in [0.25, 0.3) is 7.82 Å². The molecule has 0 spiro atoms. The molecule has 0 aliphatic carbocycles. The summed E-state index contributed by atoms with van der Waals surface area (Å²) in [6.07, 6.45) is 105. The van der Waals surface area contributed by atoms with Crippen LogP contribution in [-0.2, 0) is 32.7 Å². The molecule has 0 radical (unpaired) electrons. The minimum Gasteiger partial charge on any atom is -0.756 e. The fourth-order valence-electron chi connectivity index (χ4n) is 12.4. The van der Waals surface area contributed by atoms with Crippen LogP contribution in [0.4, 0.5) is 0 Å². The van der Waals surface area contributed by atoms with Crippen LogP contribution in [-0.4, -0.2) is 70.0 Å². The second kappa shape index (κ2) is 76.6. The van der Waals surface area contributed by atoms with Gasteiger partial charge in [0, 0.05) is 12.8 Å². The molecule has 0 aliphatic rings. The van der Waals surface area contributed by atoms with Gasteiger partial charge in [0.1, 0.15) is 19.8 Å². The number of ether oxygens (including phenoxy) is 2. The number of quaternary nitrogens is 1. The van der Waals surface area contributed by atoms with Gasteiger partial charge in [-0.25, -0.2) is 0 Å². The molecule has 0 amide bonds. The highest BCUT2D eigenvalue weighted by molar-refractivity contribution is 7.45. The summed E-state index contributed by atoms with van der Waals surface area (Å²) in [6, 6.07) is 0. The average Bonchev–Trinajstić information content (AvgIpc) is 1.98. The van der Waals surface area contributed by atoms with E-state index in [9.17, 15) is 19.0 Å². The molecule has 0 N–H and O–H groups in total. The summed E-state index contributed by atoms with van der Waals surface area (Å²) in [7, 11) is 1.19. The quantitative estimate of drug-likeness (QED) is 0.0195. The molecule has 0 saturated carbocycles. The number of phosphoric ester groups is 1. The van der Waals surface area contributed by atoms with Crippen molar-refractivity contribution in [3.63, 3.8) is 0 Å². The monoisotopic (exact) mass is 1370 g/mol. The number of carbonyl (C=O) groups is 2. The molecule has 0 saturated heterocycles. The van der Waals surface area contributed by atoms with Crippen molar-refractivity contribution in [2.45, 2.75) is 418 Å². The van der Waals surface area contributed by atoms with Crippen LogP contribution in [0.15, 0.2) is 72.9 Å². The van der Waals surface area contributed by atoms with Crippen LogP contribution in [0, 0.1) is 0 Å². The van der Waals surface area contributed by atoms with E-state index in [1.54, 1.807) is 0 Å². The van der Waals surface area contributed by atoms with Crippen LogP contribution >= 0.6 is 7.82 Å². The Morgan fingerprint density at radius 1 is 0.333 bits per heavy atom. The van der Waals surface area contributed by atoms with Crippen LogP contribution in [0.5, 0.6) is 0 Å². The van der Waals surface area contributed by atoms with Crippen molar-refractivity contribution >= 4 is 19.8 Å². The standard InChI is InChI=1S/C86H160NO8P/c1-6-8-10-12-14-16-18-20-22-24-26-28-30-32-34-36-38-40-41-42-43-44-45-47-49-51-53-55-57-59-61-63-65-67-69-71-73-75-77-79-86(89)95-84(83-94-96(90,91)93-81-80-87(3,4)5)82-92-85(88)78-76-74-72-70-68-66-64-62-60-58-56-54-52-50-48-46-39-37-35-33-31-29-27-25-23-21-19-17-15-13-11-9-7-2/h8,10,14,16,20,22,26,28,32,34,38,40,84H,6-7,9,11-13,15,17-19,21,23-25,27,29-31,33,35-37,39,41-83H2,1-5H3/b10-8-,16-14-,22-20-,28-26-,34-32-,40-38-. The molecular formula is C86H160NO8P. The Balaban J connectivity index is 3.90. The van der Waals surface area contributed by atoms with Crippen molar-refractivity contribution in [2.24, 2.45) is 0 Å². The highest BCUT2D eigenvalue weighted by Crippen LogP contribution is 2.38. The van der Waals surface area contributed by atoms with Gasteiger partial charge in [0.05, 0.1) is 27.7 Å². The smallest absolute Gasteiger partial charge is 0.306 e. The molecular weight excluding hydrogens is 1210 g/mol. The Morgan fingerprint density at radius 2 is 0.594 bits per heavy atom. The van der Waals surface area contributed by atoms with E-state index in [-0.39, 0.29) is 32.0 Å². The van der Waals surface area contributed by atoms with E-state index in [1.165, 1.54) is 308 Å². The lowest BCUT2D eigenvalue weighted by Crippen LogP contribution is -2.37. The number of rotatable bonds is 78. The number of hydrogen-bond acceptors (Lipinski definition) is 8. The van der Waals surface area contributed by atoms with E-state index in [4.69, 9.17) is 18.5 Å². The maximum absolute atomic E-state index is 12.9. The number of hydrogen-bond donors (Lipinski definition) is 0. The van der Waals surface area contributed by atoms with Gasteiger partial charge >= 0.3 is 11.9 Å². The molecule has 0 aromatic rings. The average molecular weight is 1370 g/mol. The lowest BCUT2D eigenvalue weighted by atomic mass is 10.0. The van der Waals surface area contributed by atoms with Crippen molar-refractivity contribution in [1.82, 2.24) is 0 Å². The molecule has 0 heterocycles. The first-order valence-electron chi connectivity index (χ1n) is 41.6. The molecule has 0 fully saturated rings. The van der Waals surface area contributed by atoms with Gasteiger partial charge in [-0.1, -0.05) is 408 Å². The van der Waals surface area contributed by atoms with E-state index in [0.717, 1.165) is 70.6 Å². The molecule has 0 aromatic heterocycles. The molecule has 10 heteroatoms. The van der Waals surface area contributed by atoms with Crippen molar-refractivity contribution < 1.29 is 42.1 Å². The van der Waals surface area contributed by atoms with Gasteiger partial charge in [-0.2, -0.15) is 0 Å². The molecule has 0 rings (SSSR count). The number of unbranched alkanes of at least 4 members (excludes halogenated alkanes) is 52. The van der Waals surface area contributed by atoms with E-state index >= 15 is 0 Å². The second-order valence-electron chi connectivity index (χ2n) is 29.5. The highest BCUT2D eigenvalue weighted by atomic mass is 31.2. The van der Waals surface area contributed by atoms with E-state index in [2.05, 4.69) is 86.8 Å². The predicted octanol–water partition coefficient (Wildman–Crippen LogP) is 27.2. The van der Waals surface area contributed by atoms with Crippen LogP contribution in [0.25, 0.3) is 0 Å². The maximum Gasteiger partial charge on any atom is 0.306 e. The van der Waals surface area contributed by atoms with E-state index < -0.39 is 26.5 Å². The molecule has 9 nitrogen and oxygen atoms in total. The molecule has 0 bridgehead atoms. The minimum atomic E-state index is -4.65. The highest BCUT2D eigenvalue weighted by Gasteiger charge is 2.22. The third-order valence-corrected chi connectivity index (χ3v) is 19.7. The molecule has 562 valence electrons. The van der Waals surface area contributed by atoms with Crippen LogP contribution < -0.4 is 4.89 Å². The lowest BCUT2D eigenvalue weighted by Gasteiger charge is -2.28. The summed E-state index contributed by atoms with van der Waals surface area (Å²) in [5.74, 6) is -0.809. The summed E-state index contributed by atoms with van der Waals surface area (Å²) in [5, 5.41) is 0. The number of carbonyl (C=O) groups excluding carboxylic acids is 2. The Kier molecular flexibility index (Phi) is 74.6. The molecule has 2 atom stereocenters. The van der Waals surface area contributed by atoms with Crippen molar-refractivity contribution in [3.05, 3.63) is 72.9 Å². The first-order chi connectivity index (χ1) is 47.0.